The van der Waals surface area contributed by atoms with Crippen molar-refractivity contribution in [2.45, 2.75) is 77.7 Å². The van der Waals surface area contributed by atoms with Crippen LogP contribution in [0.15, 0.2) is 42.5 Å². The number of piperidine rings is 1. The molecule has 11 heteroatoms. The summed E-state index contributed by atoms with van der Waals surface area (Å²) in [5.74, 6) is 11.3. The fraction of sp³-hybridized carbons (Fsp3) is 0.463. The number of aldehydes is 1. The summed E-state index contributed by atoms with van der Waals surface area (Å²) in [5.41, 5.74) is 0.176. The Morgan fingerprint density at radius 3 is 2.40 bits per heavy atom. The maximum absolute atomic E-state index is 14.2. The van der Waals surface area contributed by atoms with Gasteiger partial charge in [-0.1, -0.05) is 38.0 Å². The van der Waals surface area contributed by atoms with E-state index in [0.717, 1.165) is 30.5 Å². The van der Waals surface area contributed by atoms with Crippen LogP contribution in [-0.4, -0.2) is 67.4 Å². The average molecular weight is 715 g/mol. The Bertz CT molecular complexity index is 1710. The van der Waals surface area contributed by atoms with Crippen molar-refractivity contribution in [2.24, 2.45) is 17.3 Å². The summed E-state index contributed by atoms with van der Waals surface area (Å²) in [6.45, 7) is 5.21. The summed E-state index contributed by atoms with van der Waals surface area (Å²) in [5, 5.41) is 17.7. The number of para-hydroxylation sites is 1. The molecular formula is C41H49F3N6O2. The van der Waals surface area contributed by atoms with Crippen molar-refractivity contribution in [3.05, 3.63) is 64.7 Å². The lowest BCUT2D eigenvalue weighted by molar-refractivity contribution is -0.138. The maximum Gasteiger partial charge on any atom is 0.416 e. The third-order valence-corrected chi connectivity index (χ3v) is 9.41. The molecule has 1 amide bonds. The first-order valence-electron chi connectivity index (χ1n) is 17.3. The standard InChI is InChI=1S/C32H32F3N3O2.C9H17N3/c1-4-6-7-8-12-15-31(40)36-27-17-24(5-2)19-38(21-27)20-25-16-26(23-39)29(30(18-25)32(33,34)35)22-37(3)28-13-10-9-11-14-28;1-7-4-9(2,5-7)8(11)12(3)6-10/h1-2,9-11,13-14,16,18,23-24,27H,6-8,17,19-22H2,3H3,(H,36,40);6-7,10-11H,4-5H2,1-3H3. The molecule has 276 valence electrons. The molecule has 8 nitrogen and oxygen atoms in total. The van der Waals surface area contributed by atoms with E-state index < -0.39 is 17.6 Å². The lowest BCUT2D eigenvalue weighted by Gasteiger charge is -2.45. The first-order valence-corrected chi connectivity index (χ1v) is 17.3. The molecule has 2 fully saturated rings. The van der Waals surface area contributed by atoms with Gasteiger partial charge in [0.2, 0.25) is 0 Å². The number of amidine groups is 1. The molecule has 1 saturated carbocycles. The molecule has 4 rings (SSSR count). The van der Waals surface area contributed by atoms with Crippen LogP contribution in [0.4, 0.5) is 18.9 Å². The van der Waals surface area contributed by atoms with E-state index in [1.807, 2.05) is 11.0 Å². The summed E-state index contributed by atoms with van der Waals surface area (Å²) in [6.07, 6.45) is 12.4. The highest BCUT2D eigenvalue weighted by Crippen LogP contribution is 2.46. The lowest BCUT2D eigenvalue weighted by atomic mass is 9.63. The van der Waals surface area contributed by atoms with Gasteiger partial charge >= 0.3 is 6.18 Å². The Morgan fingerprint density at radius 1 is 1.13 bits per heavy atom. The van der Waals surface area contributed by atoms with Gasteiger partial charge in [-0.3, -0.25) is 25.3 Å². The summed E-state index contributed by atoms with van der Waals surface area (Å²) in [7, 11) is 3.45. The number of hydrogen-bond acceptors (Lipinski definition) is 6. The minimum absolute atomic E-state index is 0.0110. The number of halogens is 3. The van der Waals surface area contributed by atoms with E-state index in [9.17, 15) is 22.8 Å². The van der Waals surface area contributed by atoms with Crippen LogP contribution in [0.1, 0.15) is 79.4 Å². The molecule has 1 aliphatic carbocycles. The number of benzene rings is 2. The predicted molar refractivity (Wildman–Crippen MR) is 201 cm³/mol. The zero-order valence-electron chi connectivity index (χ0n) is 30.4. The number of nitrogens with one attached hydrogen (secondary N) is 3. The predicted octanol–water partition coefficient (Wildman–Crippen LogP) is 6.84. The van der Waals surface area contributed by atoms with Gasteiger partial charge in [-0.25, -0.2) is 0 Å². The van der Waals surface area contributed by atoms with Crippen LogP contribution in [0.3, 0.4) is 0 Å². The van der Waals surface area contributed by atoms with Crippen molar-refractivity contribution in [2.75, 3.05) is 32.1 Å². The zero-order chi connectivity index (χ0) is 38.5. The van der Waals surface area contributed by atoms with Crippen LogP contribution in [-0.2, 0) is 24.1 Å². The van der Waals surface area contributed by atoms with Crippen molar-refractivity contribution in [3.8, 4) is 36.5 Å². The van der Waals surface area contributed by atoms with E-state index in [1.165, 1.54) is 12.4 Å². The van der Waals surface area contributed by atoms with Gasteiger partial charge in [-0.05, 0) is 72.9 Å². The van der Waals surface area contributed by atoms with Gasteiger partial charge in [0.05, 0.1) is 11.9 Å². The number of carbonyl (C=O) groups is 2. The zero-order valence-corrected chi connectivity index (χ0v) is 30.4. The quantitative estimate of drug-likeness (QED) is 0.0778. The molecule has 1 aliphatic heterocycles. The molecule has 1 heterocycles. The number of unbranched alkanes of at least 4 members (excludes halogenated alkanes) is 2. The fourth-order valence-corrected chi connectivity index (χ4v) is 7.00. The molecule has 0 spiro atoms. The molecule has 2 atom stereocenters. The van der Waals surface area contributed by atoms with E-state index in [0.29, 0.717) is 56.5 Å². The van der Waals surface area contributed by atoms with Crippen molar-refractivity contribution >= 4 is 30.1 Å². The number of hydrogen-bond donors (Lipinski definition) is 3. The highest BCUT2D eigenvalue weighted by molar-refractivity contribution is 5.94. The highest BCUT2D eigenvalue weighted by atomic mass is 19.4. The third kappa shape index (κ3) is 11.8. The topological polar surface area (TPSA) is 104 Å². The molecule has 0 bridgehead atoms. The van der Waals surface area contributed by atoms with Crippen LogP contribution in [0, 0.1) is 64.6 Å². The van der Waals surface area contributed by atoms with Crippen molar-refractivity contribution in [3.63, 3.8) is 0 Å². The number of amides is 1. The minimum Gasteiger partial charge on any atom is -0.370 e. The van der Waals surface area contributed by atoms with Crippen molar-refractivity contribution in [1.29, 1.82) is 10.8 Å². The SMILES string of the molecule is C#CCCCC#CC(=O)NC1CC(C#C)CN(Cc2cc(C=O)c(CN(C)c3ccccc3)c(C(F)(F)F)c2)C1.CC1CC(C)(C(=N)N(C)C=N)C1. The van der Waals surface area contributed by atoms with Crippen molar-refractivity contribution < 1.29 is 22.8 Å². The number of carbonyl (C=O) groups excluding carboxylic acids is 2. The van der Waals surface area contributed by atoms with Gasteiger partial charge < -0.3 is 15.1 Å². The molecular weight excluding hydrogens is 665 g/mol. The van der Waals surface area contributed by atoms with Gasteiger partial charge in [-0.2, -0.15) is 13.2 Å². The highest BCUT2D eigenvalue weighted by Gasteiger charge is 2.42. The first kappa shape index (κ1) is 41.4. The number of alkyl halides is 3. The Hall–Kier alpha value is -5.05. The number of terminal acetylenes is 2. The molecule has 2 unspecified atom stereocenters. The van der Waals surface area contributed by atoms with Crippen LogP contribution in [0.25, 0.3) is 0 Å². The van der Waals surface area contributed by atoms with Gasteiger partial charge in [-0.15, -0.1) is 24.7 Å². The van der Waals surface area contributed by atoms with Crippen LogP contribution < -0.4 is 10.2 Å². The van der Waals surface area contributed by atoms with E-state index in [2.05, 4.69) is 42.8 Å². The average Bonchev–Trinajstić information content (AvgIpc) is 3.10. The Morgan fingerprint density at radius 2 is 1.83 bits per heavy atom. The van der Waals surface area contributed by atoms with E-state index >= 15 is 0 Å². The second-order valence-corrected chi connectivity index (χ2v) is 14.0. The normalized spacial score (nSPS) is 20.9. The molecule has 1 saturated heterocycles. The number of likely N-dealkylation sites (tertiary alicyclic amines) is 1. The molecule has 52 heavy (non-hydrogen) atoms. The Labute approximate surface area is 306 Å². The van der Waals surface area contributed by atoms with Crippen molar-refractivity contribution in [1.82, 2.24) is 15.1 Å². The summed E-state index contributed by atoms with van der Waals surface area (Å²) >= 11 is 0. The van der Waals surface area contributed by atoms with Gasteiger partial charge in [0.1, 0.15) is 12.1 Å². The summed E-state index contributed by atoms with van der Waals surface area (Å²) in [6, 6.07) is 11.3. The second kappa shape index (κ2) is 19.0. The van der Waals surface area contributed by atoms with Crippen LogP contribution >= 0.6 is 0 Å². The third-order valence-electron chi connectivity index (χ3n) is 9.41. The molecule has 0 aromatic heterocycles. The van der Waals surface area contributed by atoms with E-state index in [4.69, 9.17) is 23.7 Å². The maximum atomic E-state index is 14.2. The molecule has 0 radical (unpaired) electrons. The second-order valence-electron chi connectivity index (χ2n) is 14.0. The largest absolute Gasteiger partial charge is 0.416 e. The van der Waals surface area contributed by atoms with Gasteiger partial charge in [0.25, 0.3) is 5.91 Å². The molecule has 2 aromatic carbocycles. The van der Waals surface area contributed by atoms with Crippen LogP contribution in [0.5, 0.6) is 0 Å². The first-order chi connectivity index (χ1) is 24.6. The van der Waals surface area contributed by atoms with Crippen LogP contribution in [0.2, 0.25) is 0 Å². The number of anilines is 1. The monoisotopic (exact) mass is 714 g/mol. The molecule has 2 aliphatic rings. The minimum atomic E-state index is -4.65. The van der Waals surface area contributed by atoms with E-state index in [-0.39, 0.29) is 41.6 Å². The number of nitrogens with zero attached hydrogens (tertiary/aromatic N) is 3. The summed E-state index contributed by atoms with van der Waals surface area (Å²) < 4.78 is 42.7. The Kier molecular flexibility index (Phi) is 15.1. The van der Waals surface area contributed by atoms with Gasteiger partial charge in [0, 0.05) is 81.7 Å². The number of rotatable bonds is 11. The Balaban J connectivity index is 0.000000513. The fourth-order valence-electron chi connectivity index (χ4n) is 7.00. The van der Waals surface area contributed by atoms with E-state index in [1.54, 1.807) is 48.2 Å². The molecule has 2 aromatic rings. The van der Waals surface area contributed by atoms with Gasteiger partial charge in [0.15, 0.2) is 0 Å². The summed E-state index contributed by atoms with van der Waals surface area (Å²) in [4.78, 5) is 29.5. The lowest BCUT2D eigenvalue weighted by Crippen LogP contribution is -2.50. The smallest absolute Gasteiger partial charge is 0.370 e. The molecule has 3 N–H and O–H groups in total.